The van der Waals surface area contributed by atoms with Gasteiger partial charge >= 0.3 is 5.97 Å². The average molecular weight is 246 g/mol. The molecule has 2 atom stereocenters. The number of hydrogen-bond acceptors (Lipinski definition) is 5. The minimum absolute atomic E-state index is 0.0936. The molecule has 0 aliphatic heterocycles. The molecule has 1 saturated carbocycles. The van der Waals surface area contributed by atoms with Crippen molar-refractivity contribution in [2.45, 2.75) is 19.3 Å². The molecule has 1 heterocycles. The second-order valence-electron chi connectivity index (χ2n) is 4.38. The predicted molar refractivity (Wildman–Crippen MR) is 63.7 cm³/mol. The van der Waals surface area contributed by atoms with Crippen LogP contribution in [0.15, 0.2) is 12.4 Å². The first-order valence-electron chi connectivity index (χ1n) is 5.90. The summed E-state index contributed by atoms with van der Waals surface area (Å²) >= 11 is 0. The molecule has 0 saturated heterocycles. The predicted octanol–water partition coefficient (Wildman–Crippen LogP) is 1.26. The molecule has 1 aromatic heterocycles. The summed E-state index contributed by atoms with van der Waals surface area (Å²) in [6, 6.07) is 1.95. The first-order chi connectivity index (χ1) is 8.72. The molecule has 1 aromatic rings. The second-order valence-corrected chi connectivity index (χ2v) is 4.38. The molecule has 6 heteroatoms. The Bertz CT molecular complexity index is 483. The highest BCUT2D eigenvalue weighted by Crippen LogP contribution is 2.32. The zero-order chi connectivity index (χ0) is 13.0. The van der Waals surface area contributed by atoms with Gasteiger partial charge in [0.05, 0.1) is 5.92 Å². The maximum atomic E-state index is 11.0. The SMILES string of the molecule is N#Cc1nccnc1NCC1CCCC1C(=O)O. The number of nitriles is 1. The number of hydrogen-bond donors (Lipinski definition) is 2. The summed E-state index contributed by atoms with van der Waals surface area (Å²) in [4.78, 5) is 19.0. The molecule has 1 aliphatic carbocycles. The topological polar surface area (TPSA) is 98.9 Å². The molecule has 0 aromatic carbocycles. The van der Waals surface area contributed by atoms with Gasteiger partial charge in [-0.05, 0) is 18.8 Å². The van der Waals surface area contributed by atoms with Crippen molar-refractivity contribution in [3.8, 4) is 6.07 Å². The highest BCUT2D eigenvalue weighted by atomic mass is 16.4. The first kappa shape index (κ1) is 12.3. The summed E-state index contributed by atoms with van der Waals surface area (Å²) in [5.41, 5.74) is 0.238. The standard InChI is InChI=1S/C12H14N4O2/c13-6-10-11(15-5-4-14-10)16-7-8-2-1-3-9(8)12(17)18/h4-5,8-9H,1-3,7H2,(H,15,16)(H,17,18). The lowest BCUT2D eigenvalue weighted by atomic mass is 9.96. The van der Waals surface area contributed by atoms with Gasteiger partial charge in [-0.15, -0.1) is 0 Å². The fourth-order valence-electron chi connectivity index (χ4n) is 2.38. The maximum absolute atomic E-state index is 11.0. The molecule has 18 heavy (non-hydrogen) atoms. The highest BCUT2D eigenvalue weighted by molar-refractivity contribution is 5.70. The molecule has 2 N–H and O–H groups in total. The van der Waals surface area contributed by atoms with E-state index in [1.54, 1.807) is 0 Å². The van der Waals surface area contributed by atoms with Crippen molar-refractivity contribution in [3.63, 3.8) is 0 Å². The van der Waals surface area contributed by atoms with Gasteiger partial charge in [-0.25, -0.2) is 9.97 Å². The van der Waals surface area contributed by atoms with Crippen LogP contribution in [-0.4, -0.2) is 27.6 Å². The smallest absolute Gasteiger partial charge is 0.306 e. The number of rotatable bonds is 4. The van der Waals surface area contributed by atoms with Crippen molar-refractivity contribution >= 4 is 11.8 Å². The van der Waals surface area contributed by atoms with E-state index >= 15 is 0 Å². The first-order valence-corrected chi connectivity index (χ1v) is 5.90. The molecule has 2 unspecified atom stereocenters. The molecule has 1 aliphatic rings. The van der Waals surface area contributed by atoms with Crippen LogP contribution < -0.4 is 5.32 Å². The van der Waals surface area contributed by atoms with Gasteiger partial charge < -0.3 is 10.4 Å². The van der Waals surface area contributed by atoms with Crippen LogP contribution in [0.3, 0.4) is 0 Å². The number of carbonyl (C=O) groups is 1. The van der Waals surface area contributed by atoms with E-state index in [4.69, 9.17) is 10.4 Å². The Morgan fingerprint density at radius 1 is 1.50 bits per heavy atom. The second kappa shape index (κ2) is 5.45. The van der Waals surface area contributed by atoms with Gasteiger partial charge in [0.15, 0.2) is 11.5 Å². The van der Waals surface area contributed by atoms with Crippen LogP contribution >= 0.6 is 0 Å². The zero-order valence-corrected chi connectivity index (χ0v) is 9.83. The van der Waals surface area contributed by atoms with E-state index in [0.29, 0.717) is 12.4 Å². The van der Waals surface area contributed by atoms with E-state index < -0.39 is 5.97 Å². The Morgan fingerprint density at radius 3 is 3.00 bits per heavy atom. The molecule has 1 fully saturated rings. The summed E-state index contributed by atoms with van der Waals surface area (Å²) < 4.78 is 0. The largest absolute Gasteiger partial charge is 0.481 e. The third-order valence-electron chi connectivity index (χ3n) is 3.31. The lowest BCUT2D eigenvalue weighted by Gasteiger charge is -2.16. The summed E-state index contributed by atoms with van der Waals surface area (Å²) in [7, 11) is 0. The number of carboxylic acid groups (broad SMARTS) is 1. The average Bonchev–Trinajstić information content (AvgIpc) is 2.85. The van der Waals surface area contributed by atoms with Crippen LogP contribution in [0.25, 0.3) is 0 Å². The Hall–Kier alpha value is -2.16. The number of nitrogens with zero attached hydrogens (tertiary/aromatic N) is 3. The van der Waals surface area contributed by atoms with Crippen LogP contribution in [0.2, 0.25) is 0 Å². The van der Waals surface area contributed by atoms with E-state index in [0.717, 1.165) is 19.3 Å². The maximum Gasteiger partial charge on any atom is 0.306 e. The van der Waals surface area contributed by atoms with Gasteiger partial charge in [0.2, 0.25) is 0 Å². The molecular weight excluding hydrogens is 232 g/mol. The molecule has 94 valence electrons. The quantitative estimate of drug-likeness (QED) is 0.829. The summed E-state index contributed by atoms with van der Waals surface area (Å²) in [5.74, 6) is -0.509. The van der Waals surface area contributed by atoms with Crippen LogP contribution in [0, 0.1) is 23.2 Å². The van der Waals surface area contributed by atoms with E-state index in [1.807, 2.05) is 6.07 Å². The van der Waals surface area contributed by atoms with E-state index in [1.165, 1.54) is 12.4 Å². The van der Waals surface area contributed by atoms with E-state index in [9.17, 15) is 4.79 Å². The number of anilines is 1. The third-order valence-corrected chi connectivity index (χ3v) is 3.31. The molecule has 2 rings (SSSR count). The lowest BCUT2D eigenvalue weighted by molar-refractivity contribution is -0.142. The van der Waals surface area contributed by atoms with E-state index in [2.05, 4.69) is 15.3 Å². The van der Waals surface area contributed by atoms with Crippen LogP contribution in [-0.2, 0) is 4.79 Å². The molecule has 0 spiro atoms. The van der Waals surface area contributed by atoms with Gasteiger partial charge in [-0.1, -0.05) is 6.42 Å². The molecule has 0 amide bonds. The van der Waals surface area contributed by atoms with Gasteiger partial charge in [0, 0.05) is 18.9 Å². The summed E-state index contributed by atoms with van der Waals surface area (Å²) in [6.07, 6.45) is 5.53. The van der Waals surface area contributed by atoms with Crippen molar-refractivity contribution in [1.29, 1.82) is 5.26 Å². The Kier molecular flexibility index (Phi) is 3.72. The van der Waals surface area contributed by atoms with Crippen molar-refractivity contribution < 1.29 is 9.90 Å². The van der Waals surface area contributed by atoms with Crippen molar-refractivity contribution in [3.05, 3.63) is 18.1 Å². The van der Waals surface area contributed by atoms with Crippen molar-refractivity contribution in [2.75, 3.05) is 11.9 Å². The number of nitrogens with one attached hydrogen (secondary N) is 1. The molecular formula is C12H14N4O2. The molecule has 0 bridgehead atoms. The van der Waals surface area contributed by atoms with Crippen LogP contribution in [0.4, 0.5) is 5.82 Å². The highest BCUT2D eigenvalue weighted by Gasteiger charge is 2.32. The fraction of sp³-hybridized carbons (Fsp3) is 0.500. The number of aliphatic carboxylic acids is 1. The van der Waals surface area contributed by atoms with Gasteiger partial charge in [0.1, 0.15) is 6.07 Å². The Balaban J connectivity index is 1.99. The molecule has 0 radical (unpaired) electrons. The molecule has 6 nitrogen and oxygen atoms in total. The Morgan fingerprint density at radius 2 is 2.28 bits per heavy atom. The fourth-order valence-corrected chi connectivity index (χ4v) is 2.38. The van der Waals surface area contributed by atoms with E-state index in [-0.39, 0.29) is 17.5 Å². The minimum atomic E-state index is -0.737. The van der Waals surface area contributed by atoms with Crippen LogP contribution in [0.1, 0.15) is 25.0 Å². The van der Waals surface area contributed by atoms with Crippen molar-refractivity contribution in [2.24, 2.45) is 11.8 Å². The van der Waals surface area contributed by atoms with Gasteiger partial charge in [-0.2, -0.15) is 5.26 Å². The monoisotopic (exact) mass is 246 g/mol. The van der Waals surface area contributed by atoms with Gasteiger partial charge in [-0.3, -0.25) is 4.79 Å². The third kappa shape index (κ3) is 2.56. The summed E-state index contributed by atoms with van der Waals surface area (Å²) in [6.45, 7) is 0.518. The number of carboxylic acids is 1. The normalized spacial score (nSPS) is 22.4. The van der Waals surface area contributed by atoms with Gasteiger partial charge in [0.25, 0.3) is 0 Å². The lowest BCUT2D eigenvalue weighted by Crippen LogP contribution is -2.25. The van der Waals surface area contributed by atoms with Crippen molar-refractivity contribution in [1.82, 2.24) is 9.97 Å². The zero-order valence-electron chi connectivity index (χ0n) is 9.83. The number of aromatic nitrogens is 2. The summed E-state index contributed by atoms with van der Waals surface area (Å²) in [5, 5.41) is 21.0. The minimum Gasteiger partial charge on any atom is -0.481 e. The van der Waals surface area contributed by atoms with Crippen LogP contribution in [0.5, 0.6) is 0 Å². The Labute approximate surface area is 105 Å².